The van der Waals surface area contributed by atoms with Crippen LogP contribution in [0.5, 0.6) is 0 Å². The second kappa shape index (κ2) is 6.06. The van der Waals surface area contributed by atoms with E-state index in [9.17, 15) is 0 Å². The van der Waals surface area contributed by atoms with E-state index in [2.05, 4.69) is 48.3 Å². The molecule has 0 aliphatic carbocycles. The van der Waals surface area contributed by atoms with Crippen molar-refractivity contribution in [1.29, 1.82) is 0 Å². The first-order valence-corrected chi connectivity index (χ1v) is 7.40. The lowest BCUT2D eigenvalue weighted by Crippen LogP contribution is -2.29. The molecule has 1 unspecified atom stereocenters. The second-order valence-corrected chi connectivity index (χ2v) is 7.03. The number of nitrogens with zero attached hydrogens (tertiary/aromatic N) is 1. The van der Waals surface area contributed by atoms with Gasteiger partial charge in [-0.1, -0.05) is 0 Å². The van der Waals surface area contributed by atoms with E-state index >= 15 is 0 Å². The molecule has 2 aromatic heterocycles. The maximum atomic E-state index is 5.61. The molecule has 0 radical (unpaired) electrons. The van der Waals surface area contributed by atoms with E-state index < -0.39 is 0 Å². The van der Waals surface area contributed by atoms with Crippen LogP contribution >= 0.6 is 43.2 Å². The van der Waals surface area contributed by atoms with Crippen LogP contribution in [0, 0.1) is 0 Å². The standard InChI is InChI=1S/C11H11Br2N3S/c12-8-3-7(5-15-6-8)10(16-14)4-9-1-2-11(13)17-9/h1-3,5-6,10,16H,4,14H2. The first-order chi connectivity index (χ1) is 8.19. The van der Waals surface area contributed by atoms with Crippen LogP contribution in [0.3, 0.4) is 0 Å². The average molecular weight is 377 g/mol. The molecule has 0 aliphatic rings. The van der Waals surface area contributed by atoms with Crippen LogP contribution < -0.4 is 11.3 Å². The van der Waals surface area contributed by atoms with Crippen molar-refractivity contribution in [1.82, 2.24) is 10.4 Å². The van der Waals surface area contributed by atoms with Crippen molar-refractivity contribution < 1.29 is 0 Å². The summed E-state index contributed by atoms with van der Waals surface area (Å²) in [5, 5.41) is 0. The third kappa shape index (κ3) is 3.59. The number of nitrogens with one attached hydrogen (secondary N) is 1. The van der Waals surface area contributed by atoms with Crippen molar-refractivity contribution in [3.8, 4) is 0 Å². The van der Waals surface area contributed by atoms with Crippen LogP contribution in [0.4, 0.5) is 0 Å². The van der Waals surface area contributed by atoms with Crippen LogP contribution in [0.2, 0.25) is 0 Å². The number of thiophene rings is 1. The Labute approximate surface area is 121 Å². The predicted molar refractivity (Wildman–Crippen MR) is 77.7 cm³/mol. The normalized spacial score (nSPS) is 12.6. The number of nitrogens with two attached hydrogens (primary N) is 1. The first kappa shape index (κ1) is 13.2. The third-order valence-electron chi connectivity index (χ3n) is 2.36. The number of hydrazine groups is 1. The van der Waals surface area contributed by atoms with Crippen LogP contribution in [0.1, 0.15) is 16.5 Å². The summed E-state index contributed by atoms with van der Waals surface area (Å²) in [5.74, 6) is 5.61. The summed E-state index contributed by atoms with van der Waals surface area (Å²) >= 11 is 8.59. The maximum absolute atomic E-state index is 5.61. The third-order valence-corrected chi connectivity index (χ3v) is 4.44. The highest BCUT2D eigenvalue weighted by Gasteiger charge is 2.12. The molecule has 2 aromatic rings. The zero-order chi connectivity index (χ0) is 12.3. The molecule has 0 aromatic carbocycles. The van der Waals surface area contributed by atoms with Crippen molar-refractivity contribution >= 4 is 43.2 Å². The molecule has 0 saturated carbocycles. The lowest BCUT2D eigenvalue weighted by atomic mass is 10.1. The molecule has 6 heteroatoms. The van der Waals surface area contributed by atoms with Crippen molar-refractivity contribution in [2.45, 2.75) is 12.5 Å². The minimum atomic E-state index is 0.0746. The van der Waals surface area contributed by atoms with E-state index in [-0.39, 0.29) is 6.04 Å². The highest BCUT2D eigenvalue weighted by molar-refractivity contribution is 9.11. The smallest absolute Gasteiger partial charge is 0.0701 e. The topological polar surface area (TPSA) is 50.9 Å². The first-order valence-electron chi connectivity index (χ1n) is 5.00. The second-order valence-electron chi connectivity index (χ2n) is 3.57. The number of rotatable bonds is 4. The Morgan fingerprint density at radius 3 is 2.76 bits per heavy atom. The molecule has 0 amide bonds. The number of hydrogen-bond donors (Lipinski definition) is 2. The Morgan fingerprint density at radius 1 is 1.35 bits per heavy atom. The summed E-state index contributed by atoms with van der Waals surface area (Å²) in [6.07, 6.45) is 4.45. The molecule has 17 heavy (non-hydrogen) atoms. The van der Waals surface area contributed by atoms with Gasteiger partial charge in [0.15, 0.2) is 0 Å². The summed E-state index contributed by atoms with van der Waals surface area (Å²) < 4.78 is 2.10. The summed E-state index contributed by atoms with van der Waals surface area (Å²) in [6, 6.07) is 6.25. The van der Waals surface area contributed by atoms with Crippen molar-refractivity contribution in [3.63, 3.8) is 0 Å². The van der Waals surface area contributed by atoms with Gasteiger partial charge in [0, 0.05) is 28.2 Å². The van der Waals surface area contributed by atoms with Gasteiger partial charge in [-0.25, -0.2) is 0 Å². The summed E-state index contributed by atoms with van der Waals surface area (Å²) in [5.41, 5.74) is 3.91. The molecule has 2 heterocycles. The summed E-state index contributed by atoms with van der Waals surface area (Å²) in [4.78, 5) is 5.43. The molecule has 0 fully saturated rings. The molecule has 0 spiro atoms. The molecule has 3 N–H and O–H groups in total. The van der Waals surface area contributed by atoms with Crippen molar-refractivity contribution in [2.24, 2.45) is 5.84 Å². The van der Waals surface area contributed by atoms with E-state index in [4.69, 9.17) is 5.84 Å². The minimum Gasteiger partial charge on any atom is -0.271 e. The zero-order valence-electron chi connectivity index (χ0n) is 8.86. The highest BCUT2D eigenvalue weighted by Crippen LogP contribution is 2.27. The Kier molecular flexibility index (Phi) is 4.69. The Bertz CT molecular complexity index is 501. The van der Waals surface area contributed by atoms with Gasteiger partial charge in [-0.3, -0.25) is 16.3 Å². The van der Waals surface area contributed by atoms with Crippen LogP contribution in [0.15, 0.2) is 38.9 Å². The fourth-order valence-electron chi connectivity index (χ4n) is 1.55. The molecule has 90 valence electrons. The van der Waals surface area contributed by atoms with Gasteiger partial charge in [-0.05, 0) is 55.6 Å². The van der Waals surface area contributed by atoms with Crippen molar-refractivity contribution in [3.05, 3.63) is 49.3 Å². The van der Waals surface area contributed by atoms with Gasteiger partial charge in [0.05, 0.1) is 9.83 Å². The van der Waals surface area contributed by atoms with Gasteiger partial charge < -0.3 is 0 Å². The van der Waals surface area contributed by atoms with Crippen LogP contribution in [-0.4, -0.2) is 4.98 Å². The Hall–Kier alpha value is -0.270. The predicted octanol–water partition coefficient (Wildman–Crippen LogP) is 3.42. The van der Waals surface area contributed by atoms with Crippen LogP contribution in [-0.2, 0) is 6.42 Å². The number of hydrogen-bond acceptors (Lipinski definition) is 4. The van der Waals surface area contributed by atoms with Gasteiger partial charge in [0.1, 0.15) is 0 Å². The SMILES string of the molecule is NNC(Cc1ccc(Br)s1)c1cncc(Br)c1. The molecule has 3 nitrogen and oxygen atoms in total. The lowest BCUT2D eigenvalue weighted by molar-refractivity contribution is 0.553. The highest BCUT2D eigenvalue weighted by atomic mass is 79.9. The largest absolute Gasteiger partial charge is 0.271 e. The monoisotopic (exact) mass is 375 g/mol. The average Bonchev–Trinajstić information content (AvgIpc) is 2.72. The molecule has 2 rings (SSSR count). The summed E-state index contributed by atoms with van der Waals surface area (Å²) in [7, 11) is 0. The molecule has 1 atom stereocenters. The molecule has 0 saturated heterocycles. The fraction of sp³-hybridized carbons (Fsp3) is 0.182. The number of pyridine rings is 1. The Morgan fingerprint density at radius 2 is 2.18 bits per heavy atom. The van der Waals surface area contributed by atoms with Gasteiger partial charge in [0.25, 0.3) is 0 Å². The quantitative estimate of drug-likeness (QED) is 0.634. The maximum Gasteiger partial charge on any atom is 0.0701 e. The van der Waals surface area contributed by atoms with E-state index in [1.807, 2.05) is 18.3 Å². The Balaban J connectivity index is 2.16. The molecule has 0 aliphatic heterocycles. The van der Waals surface area contributed by atoms with Gasteiger partial charge in [-0.2, -0.15) is 0 Å². The number of halogens is 2. The van der Waals surface area contributed by atoms with E-state index in [0.29, 0.717) is 0 Å². The van der Waals surface area contributed by atoms with Gasteiger partial charge >= 0.3 is 0 Å². The minimum absolute atomic E-state index is 0.0746. The van der Waals surface area contributed by atoms with Gasteiger partial charge in [0.2, 0.25) is 0 Å². The summed E-state index contributed by atoms with van der Waals surface area (Å²) in [6.45, 7) is 0. The lowest BCUT2D eigenvalue weighted by Gasteiger charge is -2.15. The number of aromatic nitrogens is 1. The van der Waals surface area contributed by atoms with Crippen LogP contribution in [0.25, 0.3) is 0 Å². The molecule has 0 bridgehead atoms. The van der Waals surface area contributed by atoms with Gasteiger partial charge in [-0.15, -0.1) is 11.3 Å². The van der Waals surface area contributed by atoms with E-state index in [1.54, 1.807) is 17.5 Å². The van der Waals surface area contributed by atoms with E-state index in [0.717, 1.165) is 20.2 Å². The van der Waals surface area contributed by atoms with Crippen molar-refractivity contribution in [2.75, 3.05) is 0 Å². The fourth-order valence-corrected chi connectivity index (χ4v) is 3.47. The molecular weight excluding hydrogens is 366 g/mol. The molecular formula is C11H11Br2N3S. The van der Waals surface area contributed by atoms with E-state index in [1.165, 1.54) is 4.88 Å². The zero-order valence-corrected chi connectivity index (χ0v) is 12.8.